The third kappa shape index (κ3) is 3.65. The fourth-order valence-electron chi connectivity index (χ4n) is 1.59. The predicted octanol–water partition coefficient (Wildman–Crippen LogP) is 3.09. The van der Waals surface area contributed by atoms with Crippen molar-refractivity contribution in [1.82, 2.24) is 0 Å². The van der Waals surface area contributed by atoms with Crippen molar-refractivity contribution in [2.75, 3.05) is 19.5 Å². The van der Waals surface area contributed by atoms with Gasteiger partial charge in [-0.05, 0) is 24.5 Å². The summed E-state index contributed by atoms with van der Waals surface area (Å²) in [5, 5.41) is 0. The van der Waals surface area contributed by atoms with Crippen molar-refractivity contribution in [2.24, 2.45) is 5.92 Å². The van der Waals surface area contributed by atoms with Gasteiger partial charge in [0.1, 0.15) is 11.5 Å². The van der Waals surface area contributed by atoms with Crippen molar-refractivity contribution in [3.63, 3.8) is 0 Å². The van der Waals surface area contributed by atoms with Crippen molar-refractivity contribution >= 4 is 5.69 Å². The second-order valence-electron chi connectivity index (χ2n) is 4.11. The summed E-state index contributed by atoms with van der Waals surface area (Å²) in [7, 11) is 1.62. The SMILES string of the molecule is CCCC(C)COc1ccc(OC)cc1N. The topological polar surface area (TPSA) is 44.5 Å². The molecule has 0 spiro atoms. The zero-order valence-electron chi connectivity index (χ0n) is 10.3. The van der Waals surface area contributed by atoms with Crippen LogP contribution in [0.1, 0.15) is 26.7 Å². The molecule has 16 heavy (non-hydrogen) atoms. The molecular weight excluding hydrogens is 202 g/mol. The molecule has 0 saturated carbocycles. The first-order chi connectivity index (χ1) is 7.67. The Labute approximate surface area is 97.6 Å². The van der Waals surface area contributed by atoms with Crippen LogP contribution in [0.4, 0.5) is 5.69 Å². The van der Waals surface area contributed by atoms with Crippen LogP contribution < -0.4 is 15.2 Å². The lowest BCUT2D eigenvalue weighted by Gasteiger charge is -2.14. The molecule has 0 aromatic heterocycles. The first-order valence-corrected chi connectivity index (χ1v) is 5.73. The first kappa shape index (κ1) is 12.7. The minimum Gasteiger partial charge on any atom is -0.497 e. The van der Waals surface area contributed by atoms with Crippen molar-refractivity contribution in [1.29, 1.82) is 0 Å². The van der Waals surface area contributed by atoms with Gasteiger partial charge in [0.05, 0.1) is 19.4 Å². The van der Waals surface area contributed by atoms with Crippen molar-refractivity contribution in [3.8, 4) is 11.5 Å². The van der Waals surface area contributed by atoms with Gasteiger partial charge in [0.25, 0.3) is 0 Å². The molecule has 1 atom stereocenters. The van der Waals surface area contributed by atoms with Crippen molar-refractivity contribution < 1.29 is 9.47 Å². The predicted molar refractivity (Wildman–Crippen MR) is 67.0 cm³/mol. The van der Waals surface area contributed by atoms with Crippen LogP contribution in [0.2, 0.25) is 0 Å². The Hall–Kier alpha value is -1.38. The molecule has 0 heterocycles. The van der Waals surface area contributed by atoms with Crippen molar-refractivity contribution in [3.05, 3.63) is 18.2 Å². The Morgan fingerprint density at radius 1 is 1.38 bits per heavy atom. The molecule has 1 unspecified atom stereocenters. The average Bonchev–Trinajstić information content (AvgIpc) is 2.27. The lowest BCUT2D eigenvalue weighted by atomic mass is 10.1. The van der Waals surface area contributed by atoms with Gasteiger partial charge in [0.2, 0.25) is 0 Å². The Bertz CT molecular complexity index is 326. The molecule has 0 aliphatic carbocycles. The summed E-state index contributed by atoms with van der Waals surface area (Å²) < 4.78 is 10.7. The van der Waals surface area contributed by atoms with E-state index >= 15 is 0 Å². The third-order valence-electron chi connectivity index (χ3n) is 2.52. The van der Waals surface area contributed by atoms with Crippen molar-refractivity contribution in [2.45, 2.75) is 26.7 Å². The third-order valence-corrected chi connectivity index (χ3v) is 2.52. The molecule has 1 aromatic carbocycles. The van der Waals surface area contributed by atoms with E-state index in [4.69, 9.17) is 15.2 Å². The second-order valence-corrected chi connectivity index (χ2v) is 4.11. The molecule has 0 saturated heterocycles. The largest absolute Gasteiger partial charge is 0.497 e. The molecule has 1 aromatic rings. The van der Waals surface area contributed by atoms with Crippen LogP contribution in [0.3, 0.4) is 0 Å². The van der Waals surface area contributed by atoms with Gasteiger partial charge in [-0.25, -0.2) is 0 Å². The molecule has 2 N–H and O–H groups in total. The maximum atomic E-state index is 5.85. The minimum atomic E-state index is 0.562. The molecule has 0 radical (unpaired) electrons. The maximum absolute atomic E-state index is 5.85. The summed E-state index contributed by atoms with van der Waals surface area (Å²) in [6.45, 7) is 5.08. The van der Waals surface area contributed by atoms with Crippen LogP contribution in [0.15, 0.2) is 18.2 Å². The number of anilines is 1. The Kier molecular flexibility index (Phi) is 4.96. The smallest absolute Gasteiger partial charge is 0.142 e. The number of hydrogen-bond donors (Lipinski definition) is 1. The zero-order chi connectivity index (χ0) is 12.0. The summed E-state index contributed by atoms with van der Waals surface area (Å²) in [5.41, 5.74) is 6.48. The average molecular weight is 223 g/mol. The van der Waals surface area contributed by atoms with Crippen LogP contribution in [0, 0.1) is 5.92 Å². The van der Waals surface area contributed by atoms with Gasteiger partial charge >= 0.3 is 0 Å². The molecule has 3 nitrogen and oxygen atoms in total. The molecule has 1 rings (SSSR count). The summed E-state index contributed by atoms with van der Waals surface area (Å²) in [6.07, 6.45) is 2.36. The number of benzene rings is 1. The number of ether oxygens (including phenoxy) is 2. The molecule has 0 aliphatic heterocycles. The summed E-state index contributed by atoms with van der Waals surface area (Å²) in [5.74, 6) is 2.06. The van der Waals surface area contributed by atoms with Crippen LogP contribution in [-0.4, -0.2) is 13.7 Å². The van der Waals surface area contributed by atoms with Gasteiger partial charge in [0, 0.05) is 6.07 Å². The molecule has 0 amide bonds. The molecule has 3 heteroatoms. The molecule has 90 valence electrons. The molecule has 0 aliphatic rings. The maximum Gasteiger partial charge on any atom is 0.142 e. The Morgan fingerprint density at radius 3 is 2.69 bits per heavy atom. The van der Waals surface area contributed by atoms with E-state index in [1.165, 1.54) is 12.8 Å². The van der Waals surface area contributed by atoms with Crippen LogP contribution >= 0.6 is 0 Å². The van der Waals surface area contributed by atoms with Crippen LogP contribution in [0.5, 0.6) is 11.5 Å². The van der Waals surface area contributed by atoms with E-state index in [1.807, 2.05) is 12.1 Å². The van der Waals surface area contributed by atoms with Crippen LogP contribution in [0.25, 0.3) is 0 Å². The quantitative estimate of drug-likeness (QED) is 0.754. The van der Waals surface area contributed by atoms with Gasteiger partial charge in [-0.15, -0.1) is 0 Å². The van der Waals surface area contributed by atoms with Crippen LogP contribution in [-0.2, 0) is 0 Å². The van der Waals surface area contributed by atoms with E-state index in [9.17, 15) is 0 Å². The molecule has 0 bridgehead atoms. The highest BCUT2D eigenvalue weighted by atomic mass is 16.5. The lowest BCUT2D eigenvalue weighted by molar-refractivity contribution is 0.252. The highest BCUT2D eigenvalue weighted by Crippen LogP contribution is 2.26. The Morgan fingerprint density at radius 2 is 2.12 bits per heavy atom. The van der Waals surface area contributed by atoms with Gasteiger partial charge in [-0.2, -0.15) is 0 Å². The number of methoxy groups -OCH3 is 1. The summed E-state index contributed by atoms with van der Waals surface area (Å²) in [4.78, 5) is 0. The van der Waals surface area contributed by atoms with E-state index < -0.39 is 0 Å². The van der Waals surface area contributed by atoms with Gasteiger partial charge < -0.3 is 15.2 Å². The highest BCUT2D eigenvalue weighted by Gasteiger charge is 2.05. The fraction of sp³-hybridized carbons (Fsp3) is 0.538. The Balaban J connectivity index is 2.54. The second kappa shape index (κ2) is 6.26. The summed E-state index contributed by atoms with van der Waals surface area (Å²) in [6, 6.07) is 5.49. The zero-order valence-corrected chi connectivity index (χ0v) is 10.3. The number of nitrogen functional groups attached to an aromatic ring is 1. The summed E-state index contributed by atoms with van der Waals surface area (Å²) >= 11 is 0. The van der Waals surface area contributed by atoms with E-state index in [2.05, 4.69) is 13.8 Å². The highest BCUT2D eigenvalue weighted by molar-refractivity contribution is 5.56. The van der Waals surface area contributed by atoms with E-state index in [0.717, 1.165) is 11.5 Å². The number of hydrogen-bond acceptors (Lipinski definition) is 3. The monoisotopic (exact) mass is 223 g/mol. The standard InChI is InChI=1S/C13H21NO2/c1-4-5-10(2)9-16-13-7-6-11(15-3)8-12(13)14/h6-8,10H,4-5,9,14H2,1-3H3. The lowest BCUT2D eigenvalue weighted by Crippen LogP contribution is -2.09. The minimum absolute atomic E-state index is 0.562. The van der Waals surface area contributed by atoms with Gasteiger partial charge in [-0.1, -0.05) is 20.3 Å². The van der Waals surface area contributed by atoms with E-state index in [0.29, 0.717) is 18.2 Å². The van der Waals surface area contributed by atoms with Gasteiger partial charge in [0.15, 0.2) is 0 Å². The van der Waals surface area contributed by atoms with E-state index in [-0.39, 0.29) is 0 Å². The fourth-order valence-corrected chi connectivity index (χ4v) is 1.59. The van der Waals surface area contributed by atoms with E-state index in [1.54, 1.807) is 13.2 Å². The molecular formula is C13H21NO2. The normalized spacial score (nSPS) is 12.2. The molecule has 0 fully saturated rings. The number of nitrogens with two attached hydrogens (primary N) is 1. The number of rotatable bonds is 6. The first-order valence-electron chi connectivity index (χ1n) is 5.73. The van der Waals surface area contributed by atoms with Gasteiger partial charge in [-0.3, -0.25) is 0 Å².